The van der Waals surface area contributed by atoms with Gasteiger partial charge in [-0.1, -0.05) is 44.0 Å². The van der Waals surface area contributed by atoms with Crippen molar-refractivity contribution in [1.29, 1.82) is 0 Å². The minimum atomic E-state index is -0.675. The van der Waals surface area contributed by atoms with Crippen molar-refractivity contribution in [3.05, 3.63) is 63.0 Å². The highest BCUT2D eigenvalue weighted by atomic mass is 79.9. The molecule has 5 nitrogen and oxygen atoms in total. The summed E-state index contributed by atoms with van der Waals surface area (Å²) in [6, 6.07) is 13.5. The number of hydrogen-bond acceptors (Lipinski definition) is 2. The standard InChI is InChI=1S/C16H15Br2N3O2/c17-11-4-6-13(7-5-11)20-15(22)9-14(21-16(19)23)10-2-1-3-12(18)8-10/h1-8,14H,9H2,(H,20,22)(H3,19,21,23). The van der Waals surface area contributed by atoms with Gasteiger partial charge in [0.15, 0.2) is 0 Å². The third-order valence-electron chi connectivity index (χ3n) is 3.09. The molecule has 0 radical (unpaired) electrons. The van der Waals surface area contributed by atoms with Crippen LogP contribution in [0.5, 0.6) is 0 Å². The van der Waals surface area contributed by atoms with Gasteiger partial charge in [0, 0.05) is 14.6 Å². The Morgan fingerprint density at radius 1 is 1.04 bits per heavy atom. The predicted octanol–water partition coefficient (Wildman–Crippen LogP) is 3.95. The number of rotatable bonds is 5. The Labute approximate surface area is 150 Å². The summed E-state index contributed by atoms with van der Waals surface area (Å²) in [5.41, 5.74) is 6.70. The first kappa shape index (κ1) is 17.5. The molecule has 0 heterocycles. The molecule has 1 atom stereocenters. The Morgan fingerprint density at radius 3 is 2.35 bits per heavy atom. The Balaban J connectivity index is 2.09. The molecule has 0 aromatic heterocycles. The maximum atomic E-state index is 12.2. The fraction of sp³-hybridized carbons (Fsp3) is 0.125. The lowest BCUT2D eigenvalue weighted by Gasteiger charge is -2.18. The maximum Gasteiger partial charge on any atom is 0.312 e. The number of halogens is 2. The van der Waals surface area contributed by atoms with E-state index in [0.29, 0.717) is 5.69 Å². The quantitative estimate of drug-likeness (QED) is 0.657. The molecule has 1 unspecified atom stereocenters. The number of primary amides is 1. The first-order valence-corrected chi connectivity index (χ1v) is 8.39. The molecule has 0 saturated heterocycles. The Kier molecular flexibility index (Phi) is 6.18. The molecule has 120 valence electrons. The number of carbonyl (C=O) groups excluding carboxylic acids is 2. The number of nitrogens with one attached hydrogen (secondary N) is 2. The zero-order valence-corrected chi connectivity index (χ0v) is 15.2. The van der Waals surface area contributed by atoms with Crippen molar-refractivity contribution < 1.29 is 9.59 Å². The van der Waals surface area contributed by atoms with Gasteiger partial charge < -0.3 is 16.4 Å². The van der Waals surface area contributed by atoms with Crippen molar-refractivity contribution in [2.75, 3.05) is 5.32 Å². The maximum absolute atomic E-state index is 12.2. The molecular weight excluding hydrogens is 426 g/mol. The summed E-state index contributed by atoms with van der Waals surface area (Å²) < 4.78 is 1.79. The average molecular weight is 441 g/mol. The number of carbonyl (C=O) groups is 2. The van der Waals surface area contributed by atoms with Crippen LogP contribution in [0.2, 0.25) is 0 Å². The molecule has 0 aliphatic carbocycles. The first-order valence-electron chi connectivity index (χ1n) is 6.81. The minimum absolute atomic E-state index is 0.0788. The highest BCUT2D eigenvalue weighted by Crippen LogP contribution is 2.22. The molecule has 23 heavy (non-hydrogen) atoms. The molecule has 0 bridgehead atoms. The summed E-state index contributed by atoms with van der Waals surface area (Å²) in [6.07, 6.45) is 0.0788. The van der Waals surface area contributed by atoms with Gasteiger partial charge >= 0.3 is 6.03 Å². The molecule has 0 fully saturated rings. The summed E-state index contributed by atoms with van der Waals surface area (Å²) in [4.78, 5) is 23.4. The molecule has 2 aromatic rings. The van der Waals surface area contributed by atoms with Crippen molar-refractivity contribution in [3.8, 4) is 0 Å². The SMILES string of the molecule is NC(=O)NC(CC(=O)Nc1ccc(Br)cc1)c1cccc(Br)c1. The van der Waals surface area contributed by atoms with Gasteiger partial charge in [0.1, 0.15) is 0 Å². The van der Waals surface area contributed by atoms with Crippen LogP contribution in [0.25, 0.3) is 0 Å². The van der Waals surface area contributed by atoms with Gasteiger partial charge in [-0.25, -0.2) is 4.79 Å². The molecule has 7 heteroatoms. The van der Waals surface area contributed by atoms with Gasteiger partial charge in [-0.05, 0) is 42.0 Å². The minimum Gasteiger partial charge on any atom is -0.352 e. The number of amides is 3. The largest absolute Gasteiger partial charge is 0.352 e. The fourth-order valence-electron chi connectivity index (χ4n) is 2.08. The van der Waals surface area contributed by atoms with Gasteiger partial charge in [0.2, 0.25) is 5.91 Å². The van der Waals surface area contributed by atoms with Crippen LogP contribution in [-0.2, 0) is 4.79 Å². The van der Waals surface area contributed by atoms with Gasteiger partial charge in [0.05, 0.1) is 12.5 Å². The topological polar surface area (TPSA) is 84.2 Å². The van der Waals surface area contributed by atoms with E-state index >= 15 is 0 Å². The van der Waals surface area contributed by atoms with Crippen LogP contribution in [0.15, 0.2) is 57.5 Å². The Hall–Kier alpha value is -1.86. The number of benzene rings is 2. The van der Waals surface area contributed by atoms with E-state index in [9.17, 15) is 9.59 Å². The van der Waals surface area contributed by atoms with Crippen LogP contribution in [0.3, 0.4) is 0 Å². The zero-order valence-electron chi connectivity index (χ0n) is 12.1. The fourth-order valence-corrected chi connectivity index (χ4v) is 2.76. The molecule has 0 spiro atoms. The van der Waals surface area contributed by atoms with E-state index in [2.05, 4.69) is 42.5 Å². The van der Waals surface area contributed by atoms with E-state index in [0.717, 1.165) is 14.5 Å². The van der Waals surface area contributed by atoms with E-state index in [1.165, 1.54) is 0 Å². The van der Waals surface area contributed by atoms with E-state index in [4.69, 9.17) is 5.73 Å². The molecule has 2 rings (SSSR count). The van der Waals surface area contributed by atoms with Crippen molar-refractivity contribution in [2.45, 2.75) is 12.5 Å². The van der Waals surface area contributed by atoms with Crippen molar-refractivity contribution in [2.24, 2.45) is 5.73 Å². The molecule has 0 saturated carbocycles. The van der Waals surface area contributed by atoms with Crippen LogP contribution in [-0.4, -0.2) is 11.9 Å². The summed E-state index contributed by atoms with van der Waals surface area (Å²) in [6.45, 7) is 0. The van der Waals surface area contributed by atoms with Crippen LogP contribution >= 0.6 is 31.9 Å². The number of urea groups is 1. The second kappa shape index (κ2) is 8.12. The van der Waals surface area contributed by atoms with Gasteiger partial charge in [0.25, 0.3) is 0 Å². The molecule has 4 N–H and O–H groups in total. The molecule has 3 amide bonds. The van der Waals surface area contributed by atoms with Crippen LogP contribution in [0, 0.1) is 0 Å². The lowest BCUT2D eigenvalue weighted by molar-refractivity contribution is -0.116. The summed E-state index contributed by atoms with van der Waals surface area (Å²) >= 11 is 6.71. The molecule has 0 aliphatic heterocycles. The average Bonchev–Trinajstić information content (AvgIpc) is 2.48. The highest BCUT2D eigenvalue weighted by molar-refractivity contribution is 9.10. The smallest absolute Gasteiger partial charge is 0.312 e. The molecular formula is C16H15Br2N3O2. The van der Waals surface area contributed by atoms with Gasteiger partial charge in [-0.2, -0.15) is 0 Å². The van der Waals surface area contributed by atoms with Crippen molar-refractivity contribution >= 4 is 49.5 Å². The van der Waals surface area contributed by atoms with E-state index in [-0.39, 0.29) is 12.3 Å². The van der Waals surface area contributed by atoms with Crippen LogP contribution < -0.4 is 16.4 Å². The zero-order chi connectivity index (χ0) is 16.8. The predicted molar refractivity (Wildman–Crippen MR) is 97.0 cm³/mol. The summed E-state index contributed by atoms with van der Waals surface area (Å²) in [7, 11) is 0. The van der Waals surface area contributed by atoms with Crippen molar-refractivity contribution in [3.63, 3.8) is 0 Å². The summed E-state index contributed by atoms with van der Waals surface area (Å²) in [5.74, 6) is -0.217. The van der Waals surface area contributed by atoms with Gasteiger partial charge in [-0.3, -0.25) is 4.79 Å². The second-order valence-corrected chi connectivity index (χ2v) is 6.71. The lowest BCUT2D eigenvalue weighted by Crippen LogP contribution is -2.35. The van der Waals surface area contributed by atoms with E-state index < -0.39 is 12.1 Å². The first-order chi connectivity index (χ1) is 10.9. The van der Waals surface area contributed by atoms with Gasteiger partial charge in [-0.15, -0.1) is 0 Å². The van der Waals surface area contributed by atoms with E-state index in [1.54, 1.807) is 12.1 Å². The molecule has 2 aromatic carbocycles. The number of nitrogens with two attached hydrogens (primary N) is 1. The van der Waals surface area contributed by atoms with Crippen molar-refractivity contribution in [1.82, 2.24) is 5.32 Å². The third-order valence-corrected chi connectivity index (χ3v) is 4.11. The number of hydrogen-bond donors (Lipinski definition) is 3. The molecule has 0 aliphatic rings. The third kappa shape index (κ3) is 5.69. The van der Waals surface area contributed by atoms with E-state index in [1.807, 2.05) is 36.4 Å². The lowest BCUT2D eigenvalue weighted by atomic mass is 10.0. The monoisotopic (exact) mass is 439 g/mol. The number of anilines is 1. The normalized spacial score (nSPS) is 11.6. The van der Waals surface area contributed by atoms with Crippen LogP contribution in [0.1, 0.15) is 18.0 Å². The Bertz CT molecular complexity index is 705. The highest BCUT2D eigenvalue weighted by Gasteiger charge is 2.18. The Morgan fingerprint density at radius 2 is 1.74 bits per heavy atom. The second-order valence-electron chi connectivity index (χ2n) is 4.88. The van der Waals surface area contributed by atoms with Crippen LogP contribution in [0.4, 0.5) is 10.5 Å². The summed E-state index contributed by atoms with van der Waals surface area (Å²) in [5, 5.41) is 5.39.